The molecule has 0 fully saturated rings. The molecule has 2 heterocycles. The van der Waals surface area contributed by atoms with Gasteiger partial charge in [-0.1, -0.05) is 0 Å². The Morgan fingerprint density at radius 1 is 1.36 bits per heavy atom. The lowest BCUT2D eigenvalue weighted by Gasteiger charge is -1.94. The second-order valence-corrected chi connectivity index (χ2v) is 3.46. The van der Waals surface area contributed by atoms with Gasteiger partial charge in [0.2, 0.25) is 0 Å². The first kappa shape index (κ1) is 7.00. The van der Waals surface area contributed by atoms with Gasteiger partial charge < -0.3 is 0 Å². The van der Waals surface area contributed by atoms with Crippen LogP contribution in [0, 0.1) is 0 Å². The quantitative estimate of drug-likeness (QED) is 0.750. The van der Waals surface area contributed by atoms with Crippen LogP contribution < -0.4 is 0 Å². The summed E-state index contributed by atoms with van der Waals surface area (Å²) >= 11 is 4.88. The van der Waals surface area contributed by atoms with Crippen LogP contribution in [-0.2, 0) is 0 Å². The van der Waals surface area contributed by atoms with Crippen molar-refractivity contribution in [3.05, 3.63) is 28.7 Å². The van der Waals surface area contributed by atoms with Gasteiger partial charge in [-0.25, -0.2) is 9.97 Å². The van der Waals surface area contributed by atoms with Crippen LogP contribution in [0.5, 0.6) is 0 Å². The lowest BCUT2D eigenvalue weighted by molar-refractivity contribution is 0.994. The van der Waals surface area contributed by atoms with Gasteiger partial charge in [0.05, 0.1) is 0 Å². The number of imidazole rings is 1. The van der Waals surface area contributed by atoms with Gasteiger partial charge in [0.25, 0.3) is 0 Å². The minimum absolute atomic E-state index is 0.785. The number of nitrogens with zero attached hydrogens (tertiary/aromatic N) is 3. The van der Waals surface area contributed by atoms with Crippen molar-refractivity contribution in [1.29, 1.82) is 0 Å². The van der Waals surface area contributed by atoms with Crippen LogP contribution in [0.1, 0.15) is 0 Å². The SMILES string of the molecule is Brc1nccn1-c1nccs1. The van der Waals surface area contributed by atoms with Crippen molar-refractivity contribution < 1.29 is 0 Å². The van der Waals surface area contributed by atoms with Crippen molar-refractivity contribution in [1.82, 2.24) is 14.5 Å². The first-order valence-electron chi connectivity index (χ1n) is 2.96. The molecule has 56 valence electrons. The molecule has 0 amide bonds. The number of rotatable bonds is 1. The van der Waals surface area contributed by atoms with E-state index < -0.39 is 0 Å². The van der Waals surface area contributed by atoms with E-state index in [1.54, 1.807) is 23.7 Å². The molecule has 0 spiro atoms. The molecule has 0 saturated heterocycles. The van der Waals surface area contributed by atoms with Crippen molar-refractivity contribution in [3.63, 3.8) is 0 Å². The van der Waals surface area contributed by atoms with Crippen LogP contribution in [0.3, 0.4) is 0 Å². The van der Waals surface area contributed by atoms with Crippen LogP contribution in [0.4, 0.5) is 0 Å². The second-order valence-electron chi connectivity index (χ2n) is 1.88. The molecule has 0 atom stereocenters. The number of halogens is 1. The second kappa shape index (κ2) is 2.75. The standard InChI is InChI=1S/C6H4BrN3S/c7-5-8-1-3-10(5)6-9-2-4-11-6/h1-4H. The molecule has 0 radical (unpaired) electrons. The molecule has 0 bridgehead atoms. The van der Waals surface area contributed by atoms with Crippen LogP contribution >= 0.6 is 27.3 Å². The van der Waals surface area contributed by atoms with Crippen LogP contribution in [0.2, 0.25) is 0 Å². The van der Waals surface area contributed by atoms with Gasteiger partial charge in [-0.15, -0.1) is 11.3 Å². The Bertz CT molecular complexity index is 340. The van der Waals surface area contributed by atoms with Gasteiger partial charge >= 0.3 is 0 Å². The number of hydrogen-bond acceptors (Lipinski definition) is 3. The zero-order valence-electron chi connectivity index (χ0n) is 5.44. The topological polar surface area (TPSA) is 30.7 Å². The Morgan fingerprint density at radius 2 is 2.27 bits per heavy atom. The molecule has 2 aromatic heterocycles. The van der Waals surface area contributed by atoms with E-state index in [4.69, 9.17) is 0 Å². The zero-order chi connectivity index (χ0) is 7.68. The lowest BCUT2D eigenvalue weighted by Crippen LogP contribution is -1.89. The number of hydrogen-bond donors (Lipinski definition) is 0. The van der Waals surface area contributed by atoms with E-state index in [0.29, 0.717) is 0 Å². The van der Waals surface area contributed by atoms with Crippen LogP contribution in [-0.4, -0.2) is 14.5 Å². The maximum absolute atomic E-state index is 4.13. The van der Waals surface area contributed by atoms with Gasteiger partial charge in [0.15, 0.2) is 9.87 Å². The van der Waals surface area contributed by atoms with Crippen molar-refractivity contribution in [2.75, 3.05) is 0 Å². The Labute approximate surface area is 75.9 Å². The van der Waals surface area contributed by atoms with Crippen LogP contribution in [0.25, 0.3) is 5.13 Å². The Morgan fingerprint density at radius 3 is 2.82 bits per heavy atom. The molecule has 0 saturated carbocycles. The van der Waals surface area contributed by atoms with E-state index in [9.17, 15) is 0 Å². The maximum atomic E-state index is 4.13. The first-order valence-corrected chi connectivity index (χ1v) is 4.64. The largest absolute Gasteiger partial charge is 0.270 e. The predicted molar refractivity (Wildman–Crippen MR) is 46.9 cm³/mol. The van der Waals surface area contributed by atoms with E-state index in [2.05, 4.69) is 25.9 Å². The fraction of sp³-hybridized carbons (Fsp3) is 0. The molecule has 3 nitrogen and oxygen atoms in total. The van der Waals surface area contributed by atoms with E-state index >= 15 is 0 Å². The van der Waals surface area contributed by atoms with Gasteiger partial charge in [0.1, 0.15) is 0 Å². The van der Waals surface area contributed by atoms with Gasteiger partial charge in [-0.2, -0.15) is 0 Å². The summed E-state index contributed by atoms with van der Waals surface area (Å²) in [5.41, 5.74) is 0. The highest BCUT2D eigenvalue weighted by Crippen LogP contribution is 2.16. The molecule has 5 heteroatoms. The van der Waals surface area contributed by atoms with E-state index in [0.717, 1.165) is 9.87 Å². The molecule has 2 rings (SSSR count). The van der Waals surface area contributed by atoms with E-state index in [1.165, 1.54) is 0 Å². The molecule has 0 aliphatic carbocycles. The van der Waals surface area contributed by atoms with E-state index in [-0.39, 0.29) is 0 Å². The fourth-order valence-corrected chi connectivity index (χ4v) is 1.91. The predicted octanol–water partition coefficient (Wildman–Crippen LogP) is 2.09. The summed E-state index contributed by atoms with van der Waals surface area (Å²) in [5.74, 6) is 0. The molecule has 0 N–H and O–H groups in total. The van der Waals surface area contributed by atoms with Gasteiger partial charge in [0, 0.05) is 24.0 Å². The van der Waals surface area contributed by atoms with Crippen molar-refractivity contribution in [2.45, 2.75) is 0 Å². The van der Waals surface area contributed by atoms with Gasteiger partial charge in [-0.3, -0.25) is 4.57 Å². The Balaban J connectivity index is 2.53. The average molecular weight is 230 g/mol. The fourth-order valence-electron chi connectivity index (χ4n) is 0.763. The lowest BCUT2D eigenvalue weighted by atomic mass is 10.9. The molecule has 0 aliphatic heterocycles. The first-order chi connectivity index (χ1) is 5.38. The third kappa shape index (κ3) is 1.21. The molecule has 2 aromatic rings. The normalized spacial score (nSPS) is 10.3. The summed E-state index contributed by atoms with van der Waals surface area (Å²) in [6.07, 6.45) is 5.36. The molecule has 0 aliphatic rings. The highest BCUT2D eigenvalue weighted by atomic mass is 79.9. The summed E-state index contributed by atoms with van der Waals surface area (Å²) < 4.78 is 2.66. The summed E-state index contributed by atoms with van der Waals surface area (Å²) in [6.45, 7) is 0. The highest BCUT2D eigenvalue weighted by molar-refractivity contribution is 9.10. The van der Waals surface area contributed by atoms with Crippen molar-refractivity contribution in [2.24, 2.45) is 0 Å². The minimum Gasteiger partial charge on any atom is -0.270 e. The third-order valence-corrected chi connectivity index (χ3v) is 2.58. The smallest absolute Gasteiger partial charge is 0.195 e. The third-order valence-electron chi connectivity index (χ3n) is 1.22. The molecule has 0 aromatic carbocycles. The molecular formula is C6H4BrN3S. The Hall–Kier alpha value is -0.680. The average Bonchev–Trinajstić information content (AvgIpc) is 2.55. The highest BCUT2D eigenvalue weighted by Gasteiger charge is 2.01. The molecule has 11 heavy (non-hydrogen) atoms. The Kier molecular flexibility index (Phi) is 1.75. The summed E-state index contributed by atoms with van der Waals surface area (Å²) in [7, 11) is 0. The summed E-state index contributed by atoms with van der Waals surface area (Å²) in [6, 6.07) is 0. The van der Waals surface area contributed by atoms with Crippen molar-refractivity contribution >= 4 is 27.3 Å². The molecular weight excluding hydrogens is 226 g/mol. The molecule has 0 unspecified atom stereocenters. The minimum atomic E-state index is 0.785. The number of aromatic nitrogens is 3. The monoisotopic (exact) mass is 229 g/mol. The van der Waals surface area contributed by atoms with Crippen molar-refractivity contribution in [3.8, 4) is 5.13 Å². The van der Waals surface area contributed by atoms with E-state index in [1.807, 2.05) is 16.1 Å². The zero-order valence-corrected chi connectivity index (χ0v) is 7.84. The number of thiazole rings is 1. The summed E-state index contributed by atoms with van der Waals surface area (Å²) in [4.78, 5) is 8.15. The maximum Gasteiger partial charge on any atom is 0.195 e. The summed E-state index contributed by atoms with van der Waals surface area (Å²) in [5, 5.41) is 2.86. The van der Waals surface area contributed by atoms with Gasteiger partial charge in [-0.05, 0) is 15.9 Å². The van der Waals surface area contributed by atoms with Crippen LogP contribution in [0.15, 0.2) is 28.7 Å².